The Balaban J connectivity index is 3.08. The molecule has 1 aromatic carbocycles. The Morgan fingerprint density at radius 1 is 1.26 bits per heavy atom. The number of benzene rings is 1. The summed E-state index contributed by atoms with van der Waals surface area (Å²) in [5.74, 6) is -2.22. The summed E-state index contributed by atoms with van der Waals surface area (Å²) >= 11 is 11.5. The third kappa shape index (κ3) is 4.09. The summed E-state index contributed by atoms with van der Waals surface area (Å²) in [7, 11) is -3.80. The van der Waals surface area contributed by atoms with Crippen LogP contribution in [0.25, 0.3) is 0 Å². The fourth-order valence-corrected chi connectivity index (χ4v) is 4.09. The summed E-state index contributed by atoms with van der Waals surface area (Å²) in [5.41, 5.74) is 0.418. The van der Waals surface area contributed by atoms with Crippen molar-refractivity contribution in [1.29, 1.82) is 0 Å². The third-order valence-corrected chi connectivity index (χ3v) is 5.58. The Morgan fingerprint density at radius 2 is 1.84 bits per heavy atom. The number of sulfone groups is 1. The quantitative estimate of drug-likeness (QED) is 0.903. The van der Waals surface area contributed by atoms with Gasteiger partial charge in [-0.1, -0.05) is 43.1 Å². The van der Waals surface area contributed by atoms with Gasteiger partial charge in [-0.15, -0.1) is 0 Å². The lowest BCUT2D eigenvalue weighted by molar-refractivity contribution is -0.137. The van der Waals surface area contributed by atoms with Crippen LogP contribution in [-0.2, 0) is 20.4 Å². The highest BCUT2D eigenvalue weighted by Crippen LogP contribution is 2.25. The molecule has 1 atom stereocenters. The fourth-order valence-electron chi connectivity index (χ4n) is 1.80. The number of hydrogen-bond acceptors (Lipinski definition) is 3. The van der Waals surface area contributed by atoms with E-state index >= 15 is 0 Å². The summed E-state index contributed by atoms with van der Waals surface area (Å²) in [5, 5.41) is 8.16. The van der Waals surface area contributed by atoms with Crippen LogP contribution in [0.1, 0.15) is 19.4 Å². The summed E-state index contributed by atoms with van der Waals surface area (Å²) in [4.78, 5) is 11.1. The lowest BCUT2D eigenvalue weighted by Crippen LogP contribution is -2.35. The van der Waals surface area contributed by atoms with Crippen LogP contribution in [-0.4, -0.2) is 24.7 Å². The van der Waals surface area contributed by atoms with E-state index in [0.29, 0.717) is 10.6 Å². The number of halogens is 2. The molecule has 0 heterocycles. The third-order valence-electron chi connectivity index (χ3n) is 2.59. The van der Waals surface area contributed by atoms with Gasteiger partial charge < -0.3 is 5.11 Å². The first kappa shape index (κ1) is 16.3. The molecule has 0 amide bonds. The van der Waals surface area contributed by atoms with Gasteiger partial charge in [-0.05, 0) is 23.6 Å². The minimum Gasteiger partial charge on any atom is -0.480 e. The Labute approximate surface area is 122 Å². The molecule has 4 nitrogen and oxygen atoms in total. The van der Waals surface area contributed by atoms with Crippen LogP contribution in [0.5, 0.6) is 0 Å². The minimum absolute atomic E-state index is 0.241. The van der Waals surface area contributed by atoms with Crippen molar-refractivity contribution in [2.45, 2.75) is 24.9 Å². The van der Waals surface area contributed by atoms with Crippen molar-refractivity contribution < 1.29 is 18.3 Å². The second kappa shape index (κ2) is 6.11. The number of aliphatic carboxylic acids is 1. The monoisotopic (exact) mass is 324 g/mol. The van der Waals surface area contributed by atoms with E-state index < -0.39 is 27.0 Å². The van der Waals surface area contributed by atoms with Crippen molar-refractivity contribution >= 4 is 39.0 Å². The van der Waals surface area contributed by atoms with Gasteiger partial charge in [0, 0.05) is 0 Å². The van der Waals surface area contributed by atoms with Gasteiger partial charge in [0.2, 0.25) is 0 Å². The standard InChI is InChI=1S/C12H14Cl2O4S/c1-7(2)11(12(15)16)19(17,18)6-8-3-4-9(13)10(14)5-8/h3-5,7,11H,6H2,1-2H3,(H,15,16). The highest BCUT2D eigenvalue weighted by atomic mass is 35.5. The van der Waals surface area contributed by atoms with Crippen molar-refractivity contribution in [2.24, 2.45) is 5.92 Å². The van der Waals surface area contributed by atoms with Crippen molar-refractivity contribution in [3.63, 3.8) is 0 Å². The highest BCUT2D eigenvalue weighted by molar-refractivity contribution is 7.92. The molecule has 0 spiro atoms. The smallest absolute Gasteiger partial charge is 0.322 e. The molecule has 0 radical (unpaired) electrons. The molecule has 0 aliphatic rings. The highest BCUT2D eigenvalue weighted by Gasteiger charge is 2.35. The maximum atomic E-state index is 12.1. The first-order valence-electron chi connectivity index (χ1n) is 5.53. The van der Waals surface area contributed by atoms with E-state index in [1.807, 2.05) is 0 Å². The Morgan fingerprint density at radius 3 is 2.26 bits per heavy atom. The van der Waals surface area contributed by atoms with Crippen molar-refractivity contribution in [2.75, 3.05) is 0 Å². The van der Waals surface area contributed by atoms with Gasteiger partial charge >= 0.3 is 5.97 Å². The molecule has 0 saturated heterocycles. The Hall–Kier alpha value is -0.780. The van der Waals surface area contributed by atoms with E-state index in [2.05, 4.69) is 0 Å². The number of carboxylic acids is 1. The molecule has 1 rings (SSSR count). The van der Waals surface area contributed by atoms with Crippen molar-refractivity contribution in [3.8, 4) is 0 Å². The van der Waals surface area contributed by atoms with E-state index in [1.165, 1.54) is 18.2 Å². The molecule has 0 bridgehead atoms. The van der Waals surface area contributed by atoms with Crippen LogP contribution in [0, 0.1) is 5.92 Å². The zero-order valence-electron chi connectivity index (χ0n) is 10.4. The van der Waals surface area contributed by atoms with Gasteiger partial charge in [0.05, 0.1) is 15.8 Å². The second-order valence-corrected chi connectivity index (χ2v) is 7.50. The Bertz CT molecular complexity index is 581. The molecule has 0 aliphatic heterocycles. The van der Waals surface area contributed by atoms with Crippen LogP contribution >= 0.6 is 23.2 Å². The molecular weight excluding hydrogens is 311 g/mol. The van der Waals surface area contributed by atoms with Gasteiger partial charge in [-0.25, -0.2) is 8.42 Å². The summed E-state index contributed by atoms with van der Waals surface area (Å²) in [6, 6.07) is 4.44. The number of hydrogen-bond donors (Lipinski definition) is 1. The fraction of sp³-hybridized carbons (Fsp3) is 0.417. The zero-order valence-corrected chi connectivity index (χ0v) is 12.8. The first-order chi connectivity index (χ1) is 8.65. The molecular formula is C12H14Cl2O4S. The zero-order chi connectivity index (χ0) is 14.8. The van der Waals surface area contributed by atoms with E-state index in [0.717, 1.165) is 0 Å². The molecule has 19 heavy (non-hydrogen) atoms. The van der Waals surface area contributed by atoms with Gasteiger partial charge in [0.15, 0.2) is 15.1 Å². The largest absolute Gasteiger partial charge is 0.480 e. The predicted octanol–water partition coefficient (Wildman–Crippen LogP) is 3.02. The minimum atomic E-state index is -3.80. The Kier molecular flexibility index (Phi) is 5.24. The van der Waals surface area contributed by atoms with E-state index in [9.17, 15) is 13.2 Å². The second-order valence-electron chi connectivity index (χ2n) is 4.56. The molecule has 0 aliphatic carbocycles. The van der Waals surface area contributed by atoms with Crippen LogP contribution in [0.2, 0.25) is 10.0 Å². The molecule has 0 aromatic heterocycles. The number of carbonyl (C=O) groups is 1. The van der Waals surface area contributed by atoms with Crippen molar-refractivity contribution in [3.05, 3.63) is 33.8 Å². The van der Waals surface area contributed by atoms with E-state index in [-0.39, 0.29) is 10.8 Å². The molecule has 1 unspecified atom stereocenters. The molecule has 0 saturated carbocycles. The molecule has 1 aromatic rings. The number of carboxylic acid groups (broad SMARTS) is 1. The topological polar surface area (TPSA) is 71.4 Å². The summed E-state index contributed by atoms with van der Waals surface area (Å²) < 4.78 is 24.2. The summed E-state index contributed by atoms with van der Waals surface area (Å²) in [6.45, 7) is 3.12. The van der Waals surface area contributed by atoms with Gasteiger partial charge in [0.25, 0.3) is 0 Å². The van der Waals surface area contributed by atoms with Crippen molar-refractivity contribution in [1.82, 2.24) is 0 Å². The van der Waals surface area contributed by atoms with E-state index in [4.69, 9.17) is 28.3 Å². The lowest BCUT2D eigenvalue weighted by Gasteiger charge is -2.17. The van der Waals surface area contributed by atoms with Crippen LogP contribution in [0.3, 0.4) is 0 Å². The maximum absolute atomic E-state index is 12.1. The van der Waals surface area contributed by atoms with Crippen LogP contribution in [0.4, 0.5) is 0 Å². The SMILES string of the molecule is CC(C)C(C(=O)O)S(=O)(=O)Cc1ccc(Cl)c(Cl)c1. The number of rotatable bonds is 5. The lowest BCUT2D eigenvalue weighted by atomic mass is 10.1. The predicted molar refractivity (Wildman–Crippen MR) is 75.3 cm³/mol. The molecule has 0 fully saturated rings. The van der Waals surface area contributed by atoms with Crippen LogP contribution in [0.15, 0.2) is 18.2 Å². The molecule has 106 valence electrons. The first-order valence-corrected chi connectivity index (χ1v) is 8.00. The normalized spacial score (nSPS) is 13.5. The summed E-state index contributed by atoms with van der Waals surface area (Å²) in [6.07, 6.45) is 0. The maximum Gasteiger partial charge on any atom is 0.322 e. The molecule has 7 heteroatoms. The van der Waals surface area contributed by atoms with Gasteiger partial charge in [-0.3, -0.25) is 4.79 Å². The van der Waals surface area contributed by atoms with E-state index in [1.54, 1.807) is 13.8 Å². The van der Waals surface area contributed by atoms with Gasteiger partial charge in [-0.2, -0.15) is 0 Å². The average molecular weight is 325 g/mol. The molecule has 1 N–H and O–H groups in total. The van der Waals surface area contributed by atoms with Crippen LogP contribution < -0.4 is 0 Å². The van der Waals surface area contributed by atoms with Gasteiger partial charge in [0.1, 0.15) is 0 Å². The average Bonchev–Trinajstić information content (AvgIpc) is 2.21.